The molecule has 0 saturated carbocycles. The van der Waals surface area contributed by atoms with E-state index in [1.807, 2.05) is 0 Å². The van der Waals surface area contributed by atoms with Crippen LogP contribution in [0, 0.1) is 0 Å². The number of hydrogen-bond acceptors (Lipinski definition) is 2. The first kappa shape index (κ1) is 33.6. The smallest absolute Gasteiger partial charge is 0.143 e. The van der Waals surface area contributed by atoms with Crippen LogP contribution in [0.15, 0.2) is 229 Å². The van der Waals surface area contributed by atoms with Crippen molar-refractivity contribution in [1.82, 2.24) is 0 Å². The van der Waals surface area contributed by atoms with Crippen molar-refractivity contribution in [1.29, 1.82) is 0 Å². The quantitative estimate of drug-likeness (QED) is 0.162. The Kier molecular flexibility index (Phi) is 8.19. The molecule has 0 unspecified atom stereocenters. The van der Waals surface area contributed by atoms with E-state index in [-0.39, 0.29) is 0 Å². The van der Waals surface area contributed by atoms with Gasteiger partial charge in [0, 0.05) is 33.0 Å². The summed E-state index contributed by atoms with van der Waals surface area (Å²) in [4.78, 5) is 2.43. The van der Waals surface area contributed by atoms with Crippen molar-refractivity contribution in [3.63, 3.8) is 0 Å². The van der Waals surface area contributed by atoms with Crippen LogP contribution in [0.5, 0.6) is 0 Å². The Morgan fingerprint density at radius 1 is 0.310 bits per heavy atom. The van der Waals surface area contributed by atoms with Crippen molar-refractivity contribution in [2.75, 3.05) is 4.90 Å². The van der Waals surface area contributed by atoms with Crippen LogP contribution in [0.2, 0.25) is 0 Å². The summed E-state index contributed by atoms with van der Waals surface area (Å²) >= 11 is 0. The van der Waals surface area contributed by atoms with Crippen LogP contribution in [0.4, 0.5) is 17.1 Å². The molecule has 11 aromatic rings. The predicted molar refractivity (Wildman–Crippen MR) is 245 cm³/mol. The van der Waals surface area contributed by atoms with Crippen molar-refractivity contribution < 1.29 is 4.42 Å². The summed E-state index contributed by atoms with van der Waals surface area (Å²) < 4.78 is 6.68. The molecule has 0 radical (unpaired) electrons. The van der Waals surface area contributed by atoms with E-state index in [0.717, 1.165) is 66.6 Å². The van der Waals surface area contributed by atoms with Gasteiger partial charge in [-0.15, -0.1) is 0 Å². The molecule has 0 N–H and O–H groups in total. The lowest BCUT2D eigenvalue weighted by Crippen LogP contribution is -2.12. The number of anilines is 3. The van der Waals surface area contributed by atoms with Gasteiger partial charge >= 0.3 is 0 Å². The molecule has 2 nitrogen and oxygen atoms in total. The van der Waals surface area contributed by atoms with Crippen LogP contribution in [0.1, 0.15) is 0 Å². The third-order valence-electron chi connectivity index (χ3n) is 11.5. The van der Waals surface area contributed by atoms with E-state index in [1.165, 1.54) is 38.4 Å². The van der Waals surface area contributed by atoms with E-state index in [1.54, 1.807) is 0 Å². The first-order chi connectivity index (χ1) is 28.8. The van der Waals surface area contributed by atoms with Gasteiger partial charge in [-0.3, -0.25) is 0 Å². The molecule has 11 rings (SSSR count). The molecule has 0 fully saturated rings. The van der Waals surface area contributed by atoms with Crippen LogP contribution in [0.3, 0.4) is 0 Å². The zero-order chi connectivity index (χ0) is 38.4. The highest BCUT2D eigenvalue weighted by Gasteiger charge is 2.23. The Morgan fingerprint density at radius 3 is 1.67 bits per heavy atom. The maximum Gasteiger partial charge on any atom is 0.143 e. The van der Waals surface area contributed by atoms with E-state index in [9.17, 15) is 0 Å². The molecule has 0 bridgehead atoms. The molecule has 0 amide bonds. The fraction of sp³-hybridized carbons (Fsp3) is 0. The lowest BCUT2D eigenvalue weighted by molar-refractivity contribution is 0.673. The fourth-order valence-electron chi connectivity index (χ4n) is 8.64. The Labute approximate surface area is 337 Å². The Hall–Kier alpha value is -7.68. The van der Waals surface area contributed by atoms with Crippen LogP contribution in [-0.2, 0) is 0 Å². The highest BCUT2D eigenvalue weighted by molar-refractivity contribution is 6.19. The number of hydrogen-bond donors (Lipinski definition) is 0. The summed E-state index contributed by atoms with van der Waals surface area (Å²) in [6, 6.07) is 80.7. The molecule has 1 heterocycles. The molecular formula is C56H37NO. The summed E-state index contributed by atoms with van der Waals surface area (Å²) in [7, 11) is 0. The largest absolute Gasteiger partial charge is 0.455 e. The maximum absolute atomic E-state index is 6.68. The molecule has 0 aliphatic rings. The van der Waals surface area contributed by atoms with E-state index in [2.05, 4.69) is 229 Å². The van der Waals surface area contributed by atoms with Gasteiger partial charge in [0.15, 0.2) is 0 Å². The van der Waals surface area contributed by atoms with Gasteiger partial charge in [-0.05, 0) is 92.0 Å². The van der Waals surface area contributed by atoms with Gasteiger partial charge in [0.25, 0.3) is 0 Å². The molecule has 0 aliphatic heterocycles. The standard InChI is InChI=1S/C56H37NO/c1-2-13-38(14-3-1)40-25-28-43(29-26-40)47-18-8-10-22-52(47)57(46-34-31-41(32-35-46)45-30-27-39-15-4-5-17-44(39)37-45)53-23-11-9-20-49(53)50-21-12-24-54-55(50)51-36-33-42-16-6-7-19-48(42)56(51)58-54/h1-37H. The zero-order valence-electron chi connectivity index (χ0n) is 31.7. The minimum Gasteiger partial charge on any atom is -0.455 e. The van der Waals surface area contributed by atoms with E-state index in [4.69, 9.17) is 4.42 Å². The van der Waals surface area contributed by atoms with E-state index < -0.39 is 0 Å². The highest BCUT2D eigenvalue weighted by Crippen LogP contribution is 2.48. The first-order valence-electron chi connectivity index (χ1n) is 19.8. The van der Waals surface area contributed by atoms with Crippen LogP contribution >= 0.6 is 0 Å². The molecule has 58 heavy (non-hydrogen) atoms. The van der Waals surface area contributed by atoms with Gasteiger partial charge < -0.3 is 9.32 Å². The molecule has 0 aliphatic carbocycles. The monoisotopic (exact) mass is 739 g/mol. The van der Waals surface area contributed by atoms with Gasteiger partial charge in [-0.1, -0.05) is 182 Å². The van der Waals surface area contributed by atoms with Gasteiger partial charge in [-0.25, -0.2) is 0 Å². The average Bonchev–Trinajstić information content (AvgIpc) is 3.70. The van der Waals surface area contributed by atoms with E-state index >= 15 is 0 Å². The SMILES string of the molecule is c1ccc(-c2ccc(-c3ccccc3N(c3ccc(-c4ccc5ccccc5c4)cc3)c3ccccc3-c3cccc4oc5c6ccccc6ccc5c34)cc2)cc1. The molecule has 0 atom stereocenters. The van der Waals surface area contributed by atoms with Crippen molar-refractivity contribution >= 4 is 60.5 Å². The molecule has 0 saturated heterocycles. The second-order valence-electron chi connectivity index (χ2n) is 14.9. The predicted octanol–water partition coefficient (Wildman–Crippen LogP) is 16.0. The number of furan rings is 1. The van der Waals surface area contributed by atoms with Crippen molar-refractivity contribution in [3.8, 4) is 44.5 Å². The minimum atomic E-state index is 0.879. The first-order valence-corrected chi connectivity index (χ1v) is 19.8. The van der Waals surface area contributed by atoms with Crippen LogP contribution < -0.4 is 4.90 Å². The number of para-hydroxylation sites is 2. The number of rotatable bonds is 7. The zero-order valence-corrected chi connectivity index (χ0v) is 31.7. The summed E-state index contributed by atoms with van der Waals surface area (Å²) in [5.74, 6) is 0. The molecular weight excluding hydrogens is 703 g/mol. The van der Waals surface area contributed by atoms with Gasteiger partial charge in [0.05, 0.1) is 11.4 Å². The summed E-state index contributed by atoms with van der Waals surface area (Å²) in [6.45, 7) is 0. The molecule has 10 aromatic carbocycles. The van der Waals surface area contributed by atoms with Gasteiger partial charge in [-0.2, -0.15) is 0 Å². The lowest BCUT2D eigenvalue weighted by Gasteiger charge is -2.30. The van der Waals surface area contributed by atoms with Crippen molar-refractivity contribution in [3.05, 3.63) is 224 Å². The summed E-state index contributed by atoms with van der Waals surface area (Å²) in [5, 5.41) is 7.00. The molecule has 272 valence electrons. The third-order valence-corrected chi connectivity index (χ3v) is 11.5. The molecule has 1 aromatic heterocycles. The molecule has 0 spiro atoms. The normalized spacial score (nSPS) is 11.4. The van der Waals surface area contributed by atoms with Crippen molar-refractivity contribution in [2.24, 2.45) is 0 Å². The topological polar surface area (TPSA) is 16.4 Å². The highest BCUT2D eigenvalue weighted by atomic mass is 16.3. The van der Waals surface area contributed by atoms with E-state index in [0.29, 0.717) is 0 Å². The molecule has 2 heteroatoms. The maximum atomic E-state index is 6.68. The number of fused-ring (bicyclic) bond motifs is 6. The second-order valence-corrected chi connectivity index (χ2v) is 14.9. The minimum absolute atomic E-state index is 0.879. The van der Waals surface area contributed by atoms with Crippen LogP contribution in [0.25, 0.3) is 88.0 Å². The third kappa shape index (κ3) is 5.82. The van der Waals surface area contributed by atoms with Crippen molar-refractivity contribution in [2.45, 2.75) is 0 Å². The number of benzene rings is 10. The fourth-order valence-corrected chi connectivity index (χ4v) is 8.64. The Bertz CT molecular complexity index is 3270. The Morgan fingerprint density at radius 2 is 0.862 bits per heavy atom. The average molecular weight is 740 g/mol. The van der Waals surface area contributed by atoms with Gasteiger partial charge in [0.1, 0.15) is 11.2 Å². The lowest BCUT2D eigenvalue weighted by atomic mass is 9.95. The summed E-state index contributed by atoms with van der Waals surface area (Å²) in [6.07, 6.45) is 0. The number of nitrogens with zero attached hydrogens (tertiary/aromatic N) is 1. The summed E-state index contributed by atoms with van der Waals surface area (Å²) in [5.41, 5.74) is 14.4. The Balaban J connectivity index is 1.10. The van der Waals surface area contributed by atoms with Crippen LogP contribution in [-0.4, -0.2) is 0 Å². The van der Waals surface area contributed by atoms with Gasteiger partial charge in [0.2, 0.25) is 0 Å². The second kappa shape index (κ2) is 14.1.